The number of ether oxygens (including phenoxy) is 1. The van der Waals surface area contributed by atoms with Crippen LogP contribution in [0.5, 0.6) is 0 Å². The first-order valence-corrected chi connectivity index (χ1v) is 7.82. The van der Waals surface area contributed by atoms with Gasteiger partial charge in [-0.15, -0.1) is 0 Å². The molecule has 3 nitrogen and oxygen atoms in total. The van der Waals surface area contributed by atoms with Crippen LogP contribution in [-0.4, -0.2) is 36.1 Å². The summed E-state index contributed by atoms with van der Waals surface area (Å²) < 4.78 is 6.76. The zero-order chi connectivity index (χ0) is 13.9. The number of hydrogen-bond donors (Lipinski definition) is 0. The van der Waals surface area contributed by atoms with Crippen LogP contribution in [0.3, 0.4) is 0 Å². The zero-order valence-corrected chi connectivity index (χ0v) is 13.6. The van der Waals surface area contributed by atoms with Gasteiger partial charge in [-0.05, 0) is 48.2 Å². The maximum atomic E-state index is 5.88. The highest BCUT2D eigenvalue weighted by Crippen LogP contribution is 2.36. The molecule has 4 heteroatoms. The van der Waals surface area contributed by atoms with E-state index in [2.05, 4.69) is 45.7 Å². The second-order valence-electron chi connectivity index (χ2n) is 5.36. The van der Waals surface area contributed by atoms with Crippen molar-refractivity contribution in [3.05, 3.63) is 28.5 Å². The average molecular weight is 327 g/mol. The van der Waals surface area contributed by atoms with Gasteiger partial charge in [-0.2, -0.15) is 0 Å². The van der Waals surface area contributed by atoms with E-state index < -0.39 is 0 Å². The minimum atomic E-state index is -0.155. The third kappa shape index (κ3) is 3.18. The summed E-state index contributed by atoms with van der Waals surface area (Å²) in [6.07, 6.45) is 5.22. The van der Waals surface area contributed by atoms with Crippen LogP contribution in [0, 0.1) is 0 Å². The van der Waals surface area contributed by atoms with Crippen LogP contribution in [0.15, 0.2) is 22.9 Å². The maximum Gasteiger partial charge on any atom is 0.106 e. The Labute approximate surface area is 124 Å². The van der Waals surface area contributed by atoms with Gasteiger partial charge >= 0.3 is 0 Å². The van der Waals surface area contributed by atoms with Crippen molar-refractivity contribution in [2.75, 3.05) is 20.2 Å². The number of halogens is 1. The number of piperidine rings is 1. The van der Waals surface area contributed by atoms with E-state index in [0.717, 1.165) is 30.5 Å². The van der Waals surface area contributed by atoms with Gasteiger partial charge in [0.15, 0.2) is 0 Å². The molecule has 19 heavy (non-hydrogen) atoms. The summed E-state index contributed by atoms with van der Waals surface area (Å²) in [5.41, 5.74) is 1.04. The minimum absolute atomic E-state index is 0.155. The molecule has 106 valence electrons. The zero-order valence-electron chi connectivity index (χ0n) is 12.0. The Kier molecular flexibility index (Phi) is 4.98. The number of likely N-dealkylation sites (tertiary alicyclic amines) is 1. The molecule has 0 unspecified atom stereocenters. The van der Waals surface area contributed by atoms with Crippen LogP contribution in [-0.2, 0) is 10.3 Å². The Balaban J connectivity index is 2.11. The van der Waals surface area contributed by atoms with E-state index in [1.54, 1.807) is 0 Å². The monoisotopic (exact) mass is 326 g/mol. The molecule has 1 aliphatic heterocycles. The Morgan fingerprint density at radius 1 is 1.42 bits per heavy atom. The molecule has 1 atom stereocenters. The molecule has 0 N–H and O–H groups in total. The molecule has 2 rings (SSSR count). The van der Waals surface area contributed by atoms with Gasteiger partial charge in [-0.25, -0.2) is 4.98 Å². The molecule has 1 fully saturated rings. The molecule has 0 spiro atoms. The van der Waals surface area contributed by atoms with Gasteiger partial charge in [0.2, 0.25) is 0 Å². The second-order valence-corrected chi connectivity index (χ2v) is 6.17. The van der Waals surface area contributed by atoms with Crippen molar-refractivity contribution in [3.8, 4) is 0 Å². The molecule has 1 aromatic heterocycles. The Morgan fingerprint density at radius 2 is 2.11 bits per heavy atom. The van der Waals surface area contributed by atoms with E-state index >= 15 is 0 Å². The summed E-state index contributed by atoms with van der Waals surface area (Å²) in [6, 6.07) is 4.79. The molecule has 0 aromatic carbocycles. The predicted octanol–water partition coefficient (Wildman–Crippen LogP) is 3.58. The molecule has 2 heterocycles. The van der Waals surface area contributed by atoms with E-state index in [4.69, 9.17) is 4.74 Å². The predicted molar refractivity (Wildman–Crippen MR) is 81.2 cm³/mol. The van der Waals surface area contributed by atoms with Gasteiger partial charge in [0.05, 0.1) is 5.60 Å². The largest absolute Gasteiger partial charge is 0.373 e. The number of pyridine rings is 1. The van der Waals surface area contributed by atoms with Crippen molar-refractivity contribution in [1.82, 2.24) is 9.88 Å². The second kappa shape index (κ2) is 6.33. The number of rotatable bonds is 4. The van der Waals surface area contributed by atoms with Crippen LogP contribution in [0.2, 0.25) is 0 Å². The van der Waals surface area contributed by atoms with E-state index in [9.17, 15) is 0 Å². The minimum Gasteiger partial charge on any atom is -0.373 e. The van der Waals surface area contributed by atoms with Crippen LogP contribution < -0.4 is 0 Å². The first-order chi connectivity index (χ1) is 9.11. The van der Waals surface area contributed by atoms with Gasteiger partial charge in [0.1, 0.15) is 4.60 Å². The summed E-state index contributed by atoms with van der Waals surface area (Å²) in [6.45, 7) is 6.75. The lowest BCUT2D eigenvalue weighted by molar-refractivity contribution is -0.0684. The van der Waals surface area contributed by atoms with Crippen molar-refractivity contribution in [3.63, 3.8) is 0 Å². The molecule has 1 aliphatic rings. The maximum absolute atomic E-state index is 5.88. The van der Waals surface area contributed by atoms with Crippen LogP contribution in [0.4, 0.5) is 0 Å². The fourth-order valence-corrected chi connectivity index (χ4v) is 3.07. The molecule has 1 saturated heterocycles. The Morgan fingerprint density at radius 3 is 2.58 bits per heavy atom. The molecule has 0 saturated carbocycles. The highest BCUT2D eigenvalue weighted by atomic mass is 79.9. The van der Waals surface area contributed by atoms with Crippen LogP contribution in [0.25, 0.3) is 0 Å². The number of hydrogen-bond acceptors (Lipinski definition) is 3. The number of aromatic nitrogens is 1. The van der Waals surface area contributed by atoms with E-state index in [0.29, 0.717) is 6.04 Å². The number of nitrogens with zero attached hydrogens (tertiary/aromatic N) is 2. The van der Waals surface area contributed by atoms with E-state index in [-0.39, 0.29) is 5.60 Å². The van der Waals surface area contributed by atoms with Crippen molar-refractivity contribution < 1.29 is 4.74 Å². The standard InChI is InChI=1S/C15H23BrN2O/c1-4-12(2)18-9-7-15(19-3,8-10-18)13-5-6-14(16)17-11-13/h5-6,11-12H,4,7-10H2,1-3H3/t12-/m1/s1. The third-order valence-corrected chi connectivity index (χ3v) is 4.93. The summed E-state index contributed by atoms with van der Waals surface area (Å²) in [4.78, 5) is 6.90. The quantitative estimate of drug-likeness (QED) is 0.791. The first kappa shape index (κ1) is 14.9. The molecule has 0 radical (unpaired) electrons. The van der Waals surface area contributed by atoms with Gasteiger partial charge in [-0.1, -0.05) is 13.0 Å². The van der Waals surface area contributed by atoms with E-state index in [1.807, 2.05) is 19.4 Å². The number of methoxy groups -OCH3 is 1. The van der Waals surface area contributed by atoms with E-state index in [1.165, 1.54) is 12.0 Å². The Hall–Kier alpha value is -0.450. The first-order valence-electron chi connectivity index (χ1n) is 7.02. The molecule has 0 aliphatic carbocycles. The lowest BCUT2D eigenvalue weighted by atomic mass is 9.84. The van der Waals surface area contributed by atoms with Gasteiger partial charge in [0, 0.05) is 38.0 Å². The topological polar surface area (TPSA) is 25.4 Å². The summed E-state index contributed by atoms with van der Waals surface area (Å²) in [7, 11) is 1.82. The molecular weight excluding hydrogens is 304 g/mol. The average Bonchev–Trinajstić information content (AvgIpc) is 2.47. The lowest BCUT2D eigenvalue weighted by Gasteiger charge is -2.43. The fourth-order valence-electron chi connectivity index (χ4n) is 2.84. The van der Waals surface area contributed by atoms with Gasteiger partial charge in [-0.3, -0.25) is 0 Å². The Bertz CT molecular complexity index is 399. The molecular formula is C15H23BrN2O. The van der Waals surface area contributed by atoms with Crippen molar-refractivity contribution in [2.45, 2.75) is 44.8 Å². The van der Waals surface area contributed by atoms with Crippen molar-refractivity contribution in [2.24, 2.45) is 0 Å². The highest BCUT2D eigenvalue weighted by molar-refractivity contribution is 9.10. The fraction of sp³-hybridized carbons (Fsp3) is 0.667. The molecule has 1 aromatic rings. The molecule has 0 bridgehead atoms. The highest BCUT2D eigenvalue weighted by Gasteiger charge is 2.37. The normalized spacial score (nSPS) is 21.3. The SMILES string of the molecule is CC[C@@H](C)N1CCC(OC)(c2ccc(Br)nc2)CC1. The van der Waals surface area contributed by atoms with Gasteiger partial charge < -0.3 is 9.64 Å². The molecule has 0 amide bonds. The summed E-state index contributed by atoms with van der Waals surface area (Å²) >= 11 is 3.39. The van der Waals surface area contributed by atoms with Crippen molar-refractivity contribution in [1.29, 1.82) is 0 Å². The van der Waals surface area contributed by atoms with Crippen molar-refractivity contribution >= 4 is 15.9 Å². The summed E-state index contributed by atoms with van der Waals surface area (Å²) in [5, 5.41) is 0. The van der Waals surface area contributed by atoms with Gasteiger partial charge in [0.25, 0.3) is 0 Å². The summed E-state index contributed by atoms with van der Waals surface area (Å²) in [5.74, 6) is 0. The third-order valence-electron chi connectivity index (χ3n) is 4.46. The smallest absolute Gasteiger partial charge is 0.106 e. The van der Waals surface area contributed by atoms with Crippen LogP contribution >= 0.6 is 15.9 Å². The van der Waals surface area contributed by atoms with Crippen LogP contribution in [0.1, 0.15) is 38.7 Å². The lowest BCUT2D eigenvalue weighted by Crippen LogP contribution is -2.46.